The van der Waals surface area contributed by atoms with Crippen LogP contribution in [0, 0.1) is 11.3 Å². The summed E-state index contributed by atoms with van der Waals surface area (Å²) in [6.45, 7) is 1.33. The topological polar surface area (TPSA) is 44.0 Å². The lowest BCUT2D eigenvalue weighted by atomic mass is 9.90. The Hall–Kier alpha value is -1.54. The van der Waals surface area contributed by atoms with Crippen LogP contribution in [0.4, 0.5) is 13.2 Å². The van der Waals surface area contributed by atoms with Gasteiger partial charge in [0, 0.05) is 6.42 Å². The molecule has 0 aliphatic carbocycles. The molecule has 0 aliphatic heterocycles. The van der Waals surface area contributed by atoms with E-state index >= 15 is 0 Å². The smallest absolute Gasteiger partial charge is 0.385 e. The number of nitriles is 1. The van der Waals surface area contributed by atoms with Crippen LogP contribution >= 0.6 is 0 Å². The molecule has 1 aromatic carbocycles. The van der Waals surface area contributed by atoms with Crippen molar-refractivity contribution in [1.82, 2.24) is 0 Å². The second-order valence-electron chi connectivity index (χ2n) is 4.08. The van der Waals surface area contributed by atoms with Crippen LogP contribution in [-0.2, 0) is 5.60 Å². The van der Waals surface area contributed by atoms with Gasteiger partial charge in [-0.2, -0.15) is 18.4 Å². The summed E-state index contributed by atoms with van der Waals surface area (Å²) in [5, 5.41) is 18.5. The molecule has 0 aromatic heterocycles. The zero-order chi connectivity index (χ0) is 13.1. The minimum atomic E-state index is -4.28. The molecular formula is C12H12F3NO. The van der Waals surface area contributed by atoms with Crippen molar-refractivity contribution in [3.63, 3.8) is 0 Å². The maximum Gasteiger partial charge on any atom is 0.389 e. The number of alkyl halides is 3. The highest BCUT2D eigenvalue weighted by Crippen LogP contribution is 2.31. The van der Waals surface area contributed by atoms with Gasteiger partial charge in [-0.05, 0) is 31.0 Å². The van der Waals surface area contributed by atoms with E-state index in [9.17, 15) is 18.3 Å². The number of aliphatic hydroxyl groups is 1. The van der Waals surface area contributed by atoms with Crippen LogP contribution in [0.15, 0.2) is 24.3 Å². The van der Waals surface area contributed by atoms with E-state index < -0.39 is 24.6 Å². The van der Waals surface area contributed by atoms with Crippen molar-refractivity contribution in [2.75, 3.05) is 0 Å². The van der Waals surface area contributed by atoms with Crippen molar-refractivity contribution in [3.8, 4) is 6.07 Å². The van der Waals surface area contributed by atoms with Gasteiger partial charge in [-0.1, -0.05) is 12.1 Å². The quantitative estimate of drug-likeness (QED) is 0.886. The monoisotopic (exact) mass is 243 g/mol. The standard InChI is InChI=1S/C12H12F3NO/c1-11(17,6-7-12(13,14)15)10-4-2-9(8-16)3-5-10/h2-5,17H,6-7H2,1H3. The van der Waals surface area contributed by atoms with Gasteiger partial charge in [0.25, 0.3) is 0 Å². The van der Waals surface area contributed by atoms with E-state index in [0.29, 0.717) is 11.1 Å². The van der Waals surface area contributed by atoms with E-state index in [4.69, 9.17) is 5.26 Å². The molecule has 0 radical (unpaired) electrons. The van der Waals surface area contributed by atoms with E-state index in [1.54, 1.807) is 0 Å². The molecule has 0 saturated heterocycles. The number of hydrogen-bond donors (Lipinski definition) is 1. The summed E-state index contributed by atoms with van der Waals surface area (Å²) in [4.78, 5) is 0. The fraction of sp³-hybridized carbons (Fsp3) is 0.417. The molecule has 0 saturated carbocycles. The van der Waals surface area contributed by atoms with Crippen LogP contribution in [0.3, 0.4) is 0 Å². The fourth-order valence-electron chi connectivity index (χ4n) is 1.43. The molecule has 0 spiro atoms. The molecule has 1 rings (SSSR count). The average molecular weight is 243 g/mol. The molecule has 0 heterocycles. The molecule has 0 amide bonds. The Morgan fingerprint density at radius 1 is 1.18 bits per heavy atom. The summed E-state index contributed by atoms with van der Waals surface area (Å²) in [5.74, 6) is 0. The minimum absolute atomic E-state index is 0.376. The predicted octanol–water partition coefficient (Wildman–Crippen LogP) is 3.11. The Bertz CT molecular complexity index is 415. The van der Waals surface area contributed by atoms with Gasteiger partial charge < -0.3 is 5.11 Å². The van der Waals surface area contributed by atoms with Gasteiger partial charge in [-0.3, -0.25) is 0 Å². The molecule has 1 atom stereocenters. The van der Waals surface area contributed by atoms with Crippen LogP contribution < -0.4 is 0 Å². The van der Waals surface area contributed by atoms with Gasteiger partial charge in [0.2, 0.25) is 0 Å². The summed E-state index contributed by atoms with van der Waals surface area (Å²) in [6, 6.07) is 7.77. The Morgan fingerprint density at radius 3 is 2.12 bits per heavy atom. The Balaban J connectivity index is 2.79. The summed E-state index contributed by atoms with van der Waals surface area (Å²) in [7, 11) is 0. The van der Waals surface area contributed by atoms with Crippen molar-refractivity contribution >= 4 is 0 Å². The lowest BCUT2D eigenvalue weighted by molar-refractivity contribution is -0.146. The Labute approximate surface area is 97.3 Å². The Kier molecular flexibility index (Phi) is 3.79. The first-order valence-electron chi connectivity index (χ1n) is 5.04. The maximum absolute atomic E-state index is 12.1. The van der Waals surface area contributed by atoms with Crippen LogP contribution in [-0.4, -0.2) is 11.3 Å². The molecule has 92 valence electrons. The lowest BCUT2D eigenvalue weighted by Crippen LogP contribution is -2.24. The fourth-order valence-corrected chi connectivity index (χ4v) is 1.43. The summed E-state index contributed by atoms with van der Waals surface area (Å²) in [5.41, 5.74) is -0.759. The van der Waals surface area contributed by atoms with Gasteiger partial charge in [-0.25, -0.2) is 0 Å². The van der Waals surface area contributed by atoms with Crippen LogP contribution in [0.5, 0.6) is 0 Å². The van der Waals surface area contributed by atoms with Crippen molar-refractivity contribution in [3.05, 3.63) is 35.4 Å². The molecule has 0 fully saturated rings. The lowest BCUT2D eigenvalue weighted by Gasteiger charge is -2.24. The third-order valence-electron chi connectivity index (χ3n) is 2.53. The van der Waals surface area contributed by atoms with E-state index in [0.717, 1.165) is 0 Å². The van der Waals surface area contributed by atoms with Gasteiger partial charge in [-0.15, -0.1) is 0 Å². The highest BCUT2D eigenvalue weighted by atomic mass is 19.4. The van der Waals surface area contributed by atoms with Crippen LogP contribution in [0.2, 0.25) is 0 Å². The maximum atomic E-state index is 12.1. The van der Waals surface area contributed by atoms with Crippen molar-refractivity contribution in [2.24, 2.45) is 0 Å². The van der Waals surface area contributed by atoms with E-state index in [-0.39, 0.29) is 0 Å². The number of nitrogens with zero attached hydrogens (tertiary/aromatic N) is 1. The largest absolute Gasteiger partial charge is 0.389 e. The zero-order valence-corrected chi connectivity index (χ0v) is 9.25. The second kappa shape index (κ2) is 4.76. The third-order valence-corrected chi connectivity index (χ3v) is 2.53. The first-order valence-corrected chi connectivity index (χ1v) is 5.04. The summed E-state index contributed by atoms with van der Waals surface area (Å²) >= 11 is 0. The van der Waals surface area contributed by atoms with Crippen molar-refractivity contribution in [2.45, 2.75) is 31.5 Å². The Morgan fingerprint density at radius 2 is 1.71 bits per heavy atom. The zero-order valence-electron chi connectivity index (χ0n) is 9.25. The summed E-state index contributed by atoms with van der Waals surface area (Å²) in [6.07, 6.45) is -5.72. The van der Waals surface area contributed by atoms with Gasteiger partial charge in [0.1, 0.15) is 0 Å². The SMILES string of the molecule is CC(O)(CCC(F)(F)F)c1ccc(C#N)cc1. The van der Waals surface area contributed by atoms with Gasteiger partial charge in [0.05, 0.1) is 17.2 Å². The number of benzene rings is 1. The molecular weight excluding hydrogens is 231 g/mol. The van der Waals surface area contributed by atoms with Crippen molar-refractivity contribution < 1.29 is 18.3 Å². The molecule has 2 nitrogen and oxygen atoms in total. The van der Waals surface area contributed by atoms with Crippen LogP contribution in [0.25, 0.3) is 0 Å². The van der Waals surface area contributed by atoms with Crippen molar-refractivity contribution in [1.29, 1.82) is 5.26 Å². The second-order valence-corrected chi connectivity index (χ2v) is 4.08. The summed E-state index contributed by atoms with van der Waals surface area (Å²) < 4.78 is 36.2. The van der Waals surface area contributed by atoms with Gasteiger partial charge >= 0.3 is 6.18 Å². The molecule has 0 aliphatic rings. The van der Waals surface area contributed by atoms with E-state index in [2.05, 4.69) is 0 Å². The highest BCUT2D eigenvalue weighted by Gasteiger charge is 2.33. The minimum Gasteiger partial charge on any atom is -0.385 e. The third kappa shape index (κ3) is 4.08. The highest BCUT2D eigenvalue weighted by molar-refractivity contribution is 5.33. The first-order chi connectivity index (χ1) is 7.74. The van der Waals surface area contributed by atoms with Crippen LogP contribution in [0.1, 0.15) is 30.9 Å². The molecule has 1 N–H and O–H groups in total. The number of halogens is 3. The molecule has 5 heteroatoms. The average Bonchev–Trinajstić information content (AvgIpc) is 2.26. The molecule has 1 aromatic rings. The first kappa shape index (κ1) is 13.5. The molecule has 17 heavy (non-hydrogen) atoms. The van der Waals surface area contributed by atoms with E-state index in [1.807, 2.05) is 6.07 Å². The number of hydrogen-bond acceptors (Lipinski definition) is 2. The predicted molar refractivity (Wildman–Crippen MR) is 56.0 cm³/mol. The van der Waals surface area contributed by atoms with Gasteiger partial charge in [0.15, 0.2) is 0 Å². The normalized spacial score (nSPS) is 15.1. The number of rotatable bonds is 3. The molecule has 1 unspecified atom stereocenters. The molecule has 0 bridgehead atoms. The van der Waals surface area contributed by atoms with E-state index in [1.165, 1.54) is 31.2 Å².